The van der Waals surface area contributed by atoms with E-state index in [2.05, 4.69) is 4.74 Å². The highest BCUT2D eigenvalue weighted by Crippen LogP contribution is 2.11. The lowest BCUT2D eigenvalue weighted by Crippen LogP contribution is -2.40. The van der Waals surface area contributed by atoms with Crippen LogP contribution in [0.25, 0.3) is 0 Å². The molecular formula is C5H10O4. The maximum absolute atomic E-state index is 8.86. The van der Waals surface area contributed by atoms with E-state index in [1.165, 1.54) is 0 Å². The Morgan fingerprint density at radius 3 is 2.22 bits per heavy atom. The fourth-order valence-electron chi connectivity index (χ4n) is 0.752. The Hall–Kier alpha value is -0.160. The molecule has 0 aromatic heterocycles. The minimum atomic E-state index is -0.914. The highest BCUT2D eigenvalue weighted by molar-refractivity contribution is 4.72. The van der Waals surface area contributed by atoms with Gasteiger partial charge in [0.25, 0.3) is 0 Å². The lowest BCUT2D eigenvalue weighted by Gasteiger charge is -2.26. The van der Waals surface area contributed by atoms with Crippen LogP contribution in [-0.4, -0.2) is 40.4 Å². The van der Waals surface area contributed by atoms with Crippen LogP contribution in [0.3, 0.4) is 0 Å². The summed E-state index contributed by atoms with van der Waals surface area (Å²) in [5.74, 6) is 0. The molecule has 9 heavy (non-hydrogen) atoms. The lowest BCUT2D eigenvalue weighted by atomic mass is 10.1. The molecule has 2 unspecified atom stereocenters. The van der Waals surface area contributed by atoms with Gasteiger partial charge < -0.3 is 20.1 Å². The van der Waals surface area contributed by atoms with Crippen LogP contribution in [0.2, 0.25) is 0 Å². The second-order valence-electron chi connectivity index (χ2n) is 2.16. The Balaban J connectivity index is 2.35. The molecular weight excluding hydrogens is 124 g/mol. The SMILES string of the molecule is OC1CC(O)[C@@H](O)CO1. The topological polar surface area (TPSA) is 69.9 Å². The van der Waals surface area contributed by atoms with Crippen LogP contribution < -0.4 is 0 Å². The fraction of sp³-hybridized carbons (Fsp3) is 1.00. The molecule has 3 atom stereocenters. The smallest absolute Gasteiger partial charge is 0.157 e. The summed E-state index contributed by atoms with van der Waals surface area (Å²) in [7, 11) is 0. The molecule has 54 valence electrons. The van der Waals surface area contributed by atoms with Crippen LogP contribution in [0.4, 0.5) is 0 Å². The first-order valence-corrected chi connectivity index (χ1v) is 2.86. The molecule has 0 aliphatic carbocycles. The van der Waals surface area contributed by atoms with Gasteiger partial charge in [-0.25, -0.2) is 0 Å². The van der Waals surface area contributed by atoms with Crippen LogP contribution in [0, 0.1) is 0 Å². The molecule has 0 radical (unpaired) electrons. The molecule has 0 aromatic rings. The zero-order chi connectivity index (χ0) is 6.85. The van der Waals surface area contributed by atoms with E-state index in [4.69, 9.17) is 15.3 Å². The molecule has 0 amide bonds. The van der Waals surface area contributed by atoms with Gasteiger partial charge in [0.2, 0.25) is 0 Å². The van der Waals surface area contributed by atoms with Crippen molar-refractivity contribution in [3.8, 4) is 0 Å². The Morgan fingerprint density at radius 1 is 1.11 bits per heavy atom. The molecule has 1 heterocycles. The summed E-state index contributed by atoms with van der Waals surface area (Å²) >= 11 is 0. The van der Waals surface area contributed by atoms with Crippen LogP contribution in [0.15, 0.2) is 0 Å². The third-order valence-electron chi connectivity index (χ3n) is 1.35. The second-order valence-corrected chi connectivity index (χ2v) is 2.16. The van der Waals surface area contributed by atoms with E-state index in [0.717, 1.165) is 0 Å². The van der Waals surface area contributed by atoms with E-state index >= 15 is 0 Å². The molecule has 0 saturated carbocycles. The Labute approximate surface area is 52.7 Å². The quantitative estimate of drug-likeness (QED) is 0.375. The first-order valence-electron chi connectivity index (χ1n) is 2.86. The number of rotatable bonds is 0. The van der Waals surface area contributed by atoms with Crippen molar-refractivity contribution >= 4 is 0 Å². The van der Waals surface area contributed by atoms with Gasteiger partial charge in [-0.1, -0.05) is 0 Å². The maximum atomic E-state index is 8.86. The first-order chi connectivity index (χ1) is 4.20. The normalized spacial score (nSPS) is 45.0. The van der Waals surface area contributed by atoms with Crippen molar-refractivity contribution in [3.05, 3.63) is 0 Å². The molecule has 4 heteroatoms. The largest absolute Gasteiger partial charge is 0.390 e. The van der Waals surface area contributed by atoms with Gasteiger partial charge in [-0.05, 0) is 0 Å². The number of aliphatic hydroxyl groups excluding tert-OH is 3. The predicted molar refractivity (Wildman–Crippen MR) is 28.6 cm³/mol. The van der Waals surface area contributed by atoms with E-state index in [-0.39, 0.29) is 13.0 Å². The fourth-order valence-corrected chi connectivity index (χ4v) is 0.752. The zero-order valence-corrected chi connectivity index (χ0v) is 4.90. The van der Waals surface area contributed by atoms with Crippen molar-refractivity contribution in [3.63, 3.8) is 0 Å². The summed E-state index contributed by atoms with van der Waals surface area (Å²) in [5, 5.41) is 26.4. The van der Waals surface area contributed by atoms with Crippen LogP contribution in [-0.2, 0) is 4.74 Å². The van der Waals surface area contributed by atoms with E-state index in [1.807, 2.05) is 0 Å². The molecule has 3 N–H and O–H groups in total. The number of ether oxygens (including phenoxy) is 1. The standard InChI is InChI=1S/C5H10O4/c6-3-1-5(8)9-2-4(3)7/h3-8H,1-2H2/t3?,4-,5?/m0/s1. The average molecular weight is 134 g/mol. The van der Waals surface area contributed by atoms with Crippen molar-refractivity contribution in [1.82, 2.24) is 0 Å². The lowest BCUT2D eigenvalue weighted by molar-refractivity contribution is -0.193. The van der Waals surface area contributed by atoms with Crippen LogP contribution in [0.5, 0.6) is 0 Å². The van der Waals surface area contributed by atoms with Gasteiger partial charge in [-0.15, -0.1) is 0 Å². The molecule has 1 saturated heterocycles. The Kier molecular flexibility index (Phi) is 2.02. The third kappa shape index (κ3) is 1.62. The van der Waals surface area contributed by atoms with E-state index in [9.17, 15) is 0 Å². The number of hydrogen-bond acceptors (Lipinski definition) is 4. The highest BCUT2D eigenvalue weighted by atomic mass is 16.6. The third-order valence-corrected chi connectivity index (χ3v) is 1.35. The van der Waals surface area contributed by atoms with Gasteiger partial charge in [0.15, 0.2) is 6.29 Å². The monoisotopic (exact) mass is 134 g/mol. The van der Waals surface area contributed by atoms with E-state index in [1.54, 1.807) is 0 Å². The summed E-state index contributed by atoms with van der Waals surface area (Å²) < 4.78 is 4.61. The summed E-state index contributed by atoms with van der Waals surface area (Å²) in [5.41, 5.74) is 0. The Bertz CT molecular complexity index is 95.0. The highest BCUT2D eigenvalue weighted by Gasteiger charge is 2.26. The van der Waals surface area contributed by atoms with Crippen molar-refractivity contribution in [2.24, 2.45) is 0 Å². The molecule has 0 aromatic carbocycles. The molecule has 1 aliphatic heterocycles. The second kappa shape index (κ2) is 2.62. The molecule has 1 rings (SSSR count). The number of hydrogen-bond donors (Lipinski definition) is 3. The maximum Gasteiger partial charge on any atom is 0.157 e. The summed E-state index contributed by atoms with van der Waals surface area (Å²) in [6.07, 6.45) is -2.49. The van der Waals surface area contributed by atoms with Crippen molar-refractivity contribution in [1.29, 1.82) is 0 Å². The summed E-state index contributed by atoms with van der Waals surface area (Å²) in [4.78, 5) is 0. The van der Waals surface area contributed by atoms with Crippen LogP contribution >= 0.6 is 0 Å². The Morgan fingerprint density at radius 2 is 1.78 bits per heavy atom. The summed E-state index contributed by atoms with van der Waals surface area (Å²) in [6.45, 7) is 0.0162. The van der Waals surface area contributed by atoms with Crippen LogP contribution in [0.1, 0.15) is 6.42 Å². The number of aliphatic hydroxyl groups is 3. The van der Waals surface area contributed by atoms with Gasteiger partial charge in [-0.3, -0.25) is 0 Å². The molecule has 4 nitrogen and oxygen atoms in total. The molecule has 0 spiro atoms. The first kappa shape index (κ1) is 6.95. The van der Waals surface area contributed by atoms with Gasteiger partial charge >= 0.3 is 0 Å². The van der Waals surface area contributed by atoms with E-state index < -0.39 is 18.5 Å². The molecule has 0 bridgehead atoms. The van der Waals surface area contributed by atoms with Gasteiger partial charge in [-0.2, -0.15) is 0 Å². The minimum absolute atomic E-state index is 0.0162. The van der Waals surface area contributed by atoms with E-state index in [0.29, 0.717) is 0 Å². The van der Waals surface area contributed by atoms with Gasteiger partial charge in [0, 0.05) is 6.42 Å². The van der Waals surface area contributed by atoms with Crippen molar-refractivity contribution < 1.29 is 20.1 Å². The average Bonchev–Trinajstić information content (AvgIpc) is 1.80. The molecule has 1 fully saturated rings. The van der Waals surface area contributed by atoms with Crippen molar-refractivity contribution in [2.75, 3.05) is 6.61 Å². The predicted octanol–water partition coefficient (Wildman–Crippen LogP) is -1.55. The van der Waals surface area contributed by atoms with Gasteiger partial charge in [0.05, 0.1) is 12.7 Å². The minimum Gasteiger partial charge on any atom is -0.390 e. The van der Waals surface area contributed by atoms with Gasteiger partial charge in [0.1, 0.15) is 6.10 Å². The van der Waals surface area contributed by atoms with Crippen molar-refractivity contribution in [2.45, 2.75) is 24.9 Å². The molecule has 1 aliphatic rings. The zero-order valence-electron chi connectivity index (χ0n) is 4.90. The summed E-state index contributed by atoms with van der Waals surface area (Å²) in [6, 6.07) is 0.